The van der Waals surface area contributed by atoms with Gasteiger partial charge in [0.25, 0.3) is 0 Å². The Morgan fingerprint density at radius 2 is 1.70 bits per heavy atom. The average Bonchev–Trinajstić information content (AvgIpc) is 2.66. The lowest BCUT2D eigenvalue weighted by Gasteiger charge is -2.08. The summed E-state index contributed by atoms with van der Waals surface area (Å²) in [5.74, 6) is -4.44. The van der Waals surface area contributed by atoms with Crippen LogP contribution in [0.15, 0.2) is 36.4 Å². The summed E-state index contributed by atoms with van der Waals surface area (Å²) >= 11 is 0. The van der Waals surface area contributed by atoms with E-state index in [-0.39, 0.29) is 17.3 Å². The first-order valence-corrected chi connectivity index (χ1v) is 8.37. The fourth-order valence-electron chi connectivity index (χ4n) is 2.22. The number of carbonyl (C=O) groups excluding carboxylic acids is 2. The number of nitriles is 1. The molecule has 0 N–H and O–H groups in total. The fraction of sp³-hybridized carbons (Fsp3) is 0.250. The van der Waals surface area contributed by atoms with Crippen molar-refractivity contribution >= 4 is 11.9 Å². The van der Waals surface area contributed by atoms with Gasteiger partial charge in [0, 0.05) is 6.42 Å². The van der Waals surface area contributed by atoms with Gasteiger partial charge in [0.15, 0.2) is 11.6 Å². The second kappa shape index (κ2) is 9.43. The largest absolute Gasteiger partial charge is 0.427 e. The monoisotopic (exact) mass is 373 g/mol. The lowest BCUT2D eigenvalue weighted by Crippen LogP contribution is -2.11. The minimum atomic E-state index is -1.42. The topological polar surface area (TPSA) is 76.4 Å². The van der Waals surface area contributed by atoms with Crippen molar-refractivity contribution in [2.75, 3.05) is 0 Å². The van der Waals surface area contributed by atoms with Crippen LogP contribution in [0.5, 0.6) is 11.5 Å². The summed E-state index contributed by atoms with van der Waals surface area (Å²) < 4.78 is 37.3. The number of benzene rings is 2. The Hall–Kier alpha value is -3.27. The van der Waals surface area contributed by atoms with E-state index in [0.717, 1.165) is 31.4 Å². The van der Waals surface area contributed by atoms with Gasteiger partial charge in [0.05, 0.1) is 11.1 Å². The normalized spacial score (nSPS) is 10.1. The average molecular weight is 373 g/mol. The molecule has 0 amide bonds. The maximum atomic E-state index is 13.8. The number of unbranched alkanes of at least 4 members (excludes halogenated alkanes) is 2. The molecular weight excluding hydrogens is 356 g/mol. The number of rotatable bonds is 7. The SMILES string of the molecule is CCCCCC(=O)Oc1ccc(C(=O)Oc2ccc(C#N)c(F)c2F)cc1. The molecule has 2 rings (SSSR count). The van der Waals surface area contributed by atoms with Crippen molar-refractivity contribution in [1.29, 1.82) is 5.26 Å². The lowest BCUT2D eigenvalue weighted by atomic mass is 10.2. The Labute approximate surface area is 155 Å². The van der Waals surface area contributed by atoms with Crippen LogP contribution in [-0.4, -0.2) is 11.9 Å². The van der Waals surface area contributed by atoms with Gasteiger partial charge in [0.2, 0.25) is 5.82 Å². The molecule has 0 spiro atoms. The van der Waals surface area contributed by atoms with Gasteiger partial charge in [-0.25, -0.2) is 9.18 Å². The molecule has 0 fully saturated rings. The molecule has 0 radical (unpaired) electrons. The number of nitrogens with zero attached hydrogens (tertiary/aromatic N) is 1. The van der Waals surface area contributed by atoms with E-state index >= 15 is 0 Å². The van der Waals surface area contributed by atoms with Gasteiger partial charge in [0.1, 0.15) is 11.8 Å². The minimum absolute atomic E-state index is 0.0601. The van der Waals surface area contributed by atoms with Crippen LogP contribution in [0.25, 0.3) is 0 Å². The van der Waals surface area contributed by atoms with Gasteiger partial charge in [-0.2, -0.15) is 9.65 Å². The zero-order valence-electron chi connectivity index (χ0n) is 14.6. The van der Waals surface area contributed by atoms with Crippen LogP contribution in [0, 0.1) is 23.0 Å². The van der Waals surface area contributed by atoms with E-state index in [1.54, 1.807) is 0 Å². The van der Waals surface area contributed by atoms with Gasteiger partial charge >= 0.3 is 11.9 Å². The summed E-state index contributed by atoms with van der Waals surface area (Å²) in [6.45, 7) is 2.03. The van der Waals surface area contributed by atoms with E-state index in [1.165, 1.54) is 30.3 Å². The Balaban J connectivity index is 2.01. The van der Waals surface area contributed by atoms with E-state index in [0.29, 0.717) is 6.42 Å². The molecule has 2 aromatic carbocycles. The highest BCUT2D eigenvalue weighted by molar-refractivity contribution is 5.91. The Kier molecular flexibility index (Phi) is 7.00. The second-order valence-electron chi connectivity index (χ2n) is 5.70. The van der Waals surface area contributed by atoms with Crippen molar-refractivity contribution in [3.8, 4) is 17.6 Å². The number of ether oxygens (including phenoxy) is 2. The first-order chi connectivity index (χ1) is 13.0. The first-order valence-electron chi connectivity index (χ1n) is 8.37. The molecule has 140 valence electrons. The number of hydrogen-bond donors (Lipinski definition) is 0. The van der Waals surface area contributed by atoms with Crippen LogP contribution in [-0.2, 0) is 4.79 Å². The van der Waals surface area contributed by atoms with Crippen LogP contribution in [0.3, 0.4) is 0 Å². The summed E-state index contributed by atoms with van der Waals surface area (Å²) in [5, 5.41) is 8.64. The molecular formula is C20H17F2NO4. The molecule has 0 saturated heterocycles. The molecule has 0 bridgehead atoms. The third-order valence-electron chi connectivity index (χ3n) is 3.68. The third-order valence-corrected chi connectivity index (χ3v) is 3.68. The molecule has 0 aromatic heterocycles. The van der Waals surface area contributed by atoms with E-state index < -0.39 is 28.9 Å². The molecule has 0 atom stereocenters. The Morgan fingerprint density at radius 3 is 2.33 bits per heavy atom. The summed E-state index contributed by atoms with van der Waals surface area (Å²) in [5.41, 5.74) is -0.428. The summed E-state index contributed by atoms with van der Waals surface area (Å²) in [4.78, 5) is 23.7. The number of esters is 2. The van der Waals surface area contributed by atoms with Crippen LogP contribution in [0.4, 0.5) is 8.78 Å². The van der Waals surface area contributed by atoms with E-state index in [4.69, 9.17) is 14.7 Å². The summed E-state index contributed by atoms with van der Waals surface area (Å²) in [7, 11) is 0. The van der Waals surface area contributed by atoms with Crippen LogP contribution in [0.2, 0.25) is 0 Å². The second-order valence-corrected chi connectivity index (χ2v) is 5.70. The number of halogens is 2. The zero-order valence-corrected chi connectivity index (χ0v) is 14.6. The Bertz CT molecular complexity index is 873. The van der Waals surface area contributed by atoms with E-state index in [1.807, 2.05) is 6.92 Å². The zero-order chi connectivity index (χ0) is 19.8. The van der Waals surface area contributed by atoms with Gasteiger partial charge in [-0.15, -0.1) is 0 Å². The molecule has 5 nitrogen and oxygen atoms in total. The number of carbonyl (C=O) groups is 2. The van der Waals surface area contributed by atoms with Gasteiger partial charge in [-0.1, -0.05) is 19.8 Å². The molecule has 7 heteroatoms. The summed E-state index contributed by atoms with van der Waals surface area (Å²) in [6, 6.07) is 9.00. The highest BCUT2D eigenvalue weighted by Gasteiger charge is 2.18. The van der Waals surface area contributed by atoms with Crippen molar-refractivity contribution < 1.29 is 27.8 Å². The Morgan fingerprint density at radius 1 is 1.00 bits per heavy atom. The molecule has 27 heavy (non-hydrogen) atoms. The van der Waals surface area contributed by atoms with Crippen LogP contribution < -0.4 is 9.47 Å². The van der Waals surface area contributed by atoms with Crippen LogP contribution >= 0.6 is 0 Å². The van der Waals surface area contributed by atoms with Crippen molar-refractivity contribution in [2.45, 2.75) is 32.6 Å². The highest BCUT2D eigenvalue weighted by atomic mass is 19.2. The fourth-order valence-corrected chi connectivity index (χ4v) is 2.22. The molecule has 0 aliphatic heterocycles. The van der Waals surface area contributed by atoms with Crippen molar-refractivity contribution in [3.05, 3.63) is 59.2 Å². The predicted octanol–water partition coefficient (Wildman–Crippen LogP) is 4.54. The van der Waals surface area contributed by atoms with Crippen LogP contribution in [0.1, 0.15) is 48.5 Å². The number of hydrogen-bond acceptors (Lipinski definition) is 5. The van der Waals surface area contributed by atoms with Gasteiger partial charge in [-0.3, -0.25) is 4.79 Å². The molecule has 0 heterocycles. The van der Waals surface area contributed by atoms with E-state index in [2.05, 4.69) is 0 Å². The quantitative estimate of drug-likeness (QED) is 0.404. The summed E-state index contributed by atoms with van der Waals surface area (Å²) in [6.07, 6.45) is 2.98. The minimum Gasteiger partial charge on any atom is -0.427 e. The maximum absolute atomic E-state index is 13.8. The van der Waals surface area contributed by atoms with Crippen molar-refractivity contribution in [1.82, 2.24) is 0 Å². The molecule has 0 aliphatic rings. The third kappa shape index (κ3) is 5.35. The van der Waals surface area contributed by atoms with Crippen molar-refractivity contribution in [3.63, 3.8) is 0 Å². The first kappa shape index (κ1) is 20.0. The molecule has 0 aliphatic carbocycles. The van der Waals surface area contributed by atoms with Crippen molar-refractivity contribution in [2.24, 2.45) is 0 Å². The molecule has 2 aromatic rings. The molecule has 0 saturated carbocycles. The van der Waals surface area contributed by atoms with Gasteiger partial charge in [-0.05, 0) is 42.8 Å². The highest BCUT2D eigenvalue weighted by Crippen LogP contribution is 2.23. The molecule has 0 unspecified atom stereocenters. The smallest absolute Gasteiger partial charge is 0.343 e. The lowest BCUT2D eigenvalue weighted by molar-refractivity contribution is -0.134. The van der Waals surface area contributed by atoms with Gasteiger partial charge < -0.3 is 9.47 Å². The standard InChI is InChI=1S/C20H17F2NO4/c1-2-3-4-5-17(24)26-15-9-6-13(7-10-15)20(25)27-16-11-8-14(12-23)18(21)19(16)22/h6-11H,2-5H2,1H3. The van der Waals surface area contributed by atoms with E-state index in [9.17, 15) is 18.4 Å². The maximum Gasteiger partial charge on any atom is 0.343 e. The predicted molar refractivity (Wildman–Crippen MR) is 92.3 cm³/mol.